The zero-order chi connectivity index (χ0) is 20.3. The van der Waals surface area contributed by atoms with Crippen molar-refractivity contribution >= 4 is 15.7 Å². The van der Waals surface area contributed by atoms with Crippen molar-refractivity contribution < 1.29 is 17.6 Å². The lowest BCUT2D eigenvalue weighted by atomic mass is 10.00. The lowest BCUT2D eigenvalue weighted by molar-refractivity contribution is 0.0911. The number of hydrogen-bond acceptors (Lipinski definition) is 4. The first-order valence-electron chi connectivity index (χ1n) is 9.00. The van der Waals surface area contributed by atoms with Crippen LogP contribution in [0.2, 0.25) is 0 Å². The predicted octanol–water partition coefficient (Wildman–Crippen LogP) is 4.36. The smallest absolute Gasteiger partial charge is 0.287 e. The number of hydrogen-bond donors (Lipinski definition) is 1. The van der Waals surface area contributed by atoms with E-state index in [0.717, 1.165) is 16.7 Å². The van der Waals surface area contributed by atoms with Crippen molar-refractivity contribution in [3.63, 3.8) is 0 Å². The molecule has 3 rings (SSSR count). The average molecular weight is 397 g/mol. The Bertz CT molecular complexity index is 1080. The van der Waals surface area contributed by atoms with Crippen molar-refractivity contribution in [3.05, 3.63) is 88.9 Å². The van der Waals surface area contributed by atoms with E-state index < -0.39 is 15.7 Å². The largest absolute Gasteiger partial charge is 0.459 e. The van der Waals surface area contributed by atoms with Gasteiger partial charge < -0.3 is 9.73 Å². The second-order valence-corrected chi connectivity index (χ2v) is 8.89. The number of carbonyl (C=O) groups excluding carboxylic acids is 1. The lowest BCUT2D eigenvalue weighted by Crippen LogP contribution is -2.27. The van der Waals surface area contributed by atoms with Crippen LogP contribution in [-0.4, -0.2) is 14.3 Å². The molecule has 2 aromatic carbocycles. The maximum Gasteiger partial charge on any atom is 0.287 e. The van der Waals surface area contributed by atoms with E-state index in [1.54, 1.807) is 18.2 Å². The van der Waals surface area contributed by atoms with Gasteiger partial charge in [-0.25, -0.2) is 8.42 Å². The molecule has 0 saturated heterocycles. The van der Waals surface area contributed by atoms with Gasteiger partial charge in [0.2, 0.25) is 0 Å². The van der Waals surface area contributed by atoms with E-state index in [4.69, 9.17) is 4.42 Å². The van der Waals surface area contributed by atoms with Gasteiger partial charge in [0.05, 0.1) is 23.0 Å². The maximum atomic E-state index is 12.7. The van der Waals surface area contributed by atoms with E-state index in [1.807, 2.05) is 39.0 Å². The molecule has 0 spiro atoms. The highest BCUT2D eigenvalue weighted by Crippen LogP contribution is 2.22. The zero-order valence-electron chi connectivity index (χ0n) is 16.1. The molecular weight excluding hydrogens is 374 g/mol. The number of furan rings is 1. The van der Waals surface area contributed by atoms with Crippen LogP contribution in [0.15, 0.2) is 70.2 Å². The van der Waals surface area contributed by atoms with Gasteiger partial charge in [0.1, 0.15) is 0 Å². The molecule has 1 aromatic heterocycles. The normalized spacial score (nSPS) is 12.5. The van der Waals surface area contributed by atoms with E-state index in [2.05, 4.69) is 5.32 Å². The summed E-state index contributed by atoms with van der Waals surface area (Å²) in [6, 6.07) is 15.5. The minimum atomic E-state index is -3.57. The fraction of sp³-hybridized carbons (Fsp3) is 0.227. The Kier molecular flexibility index (Phi) is 5.70. The van der Waals surface area contributed by atoms with Gasteiger partial charge >= 0.3 is 0 Å². The monoisotopic (exact) mass is 397 g/mol. The van der Waals surface area contributed by atoms with Gasteiger partial charge in [0.15, 0.2) is 15.6 Å². The Morgan fingerprint density at radius 2 is 1.79 bits per heavy atom. The second kappa shape index (κ2) is 8.02. The summed E-state index contributed by atoms with van der Waals surface area (Å²) in [5, 5.41) is 2.91. The lowest BCUT2D eigenvalue weighted by Gasteiger charge is -2.17. The van der Waals surface area contributed by atoms with Crippen LogP contribution in [0.3, 0.4) is 0 Å². The van der Waals surface area contributed by atoms with E-state index in [-0.39, 0.29) is 22.5 Å². The molecule has 6 heteroatoms. The van der Waals surface area contributed by atoms with Gasteiger partial charge in [-0.05, 0) is 50.1 Å². The van der Waals surface area contributed by atoms with Crippen molar-refractivity contribution in [3.8, 4) is 0 Å². The van der Waals surface area contributed by atoms with Crippen LogP contribution in [0.4, 0.5) is 0 Å². The zero-order valence-corrected chi connectivity index (χ0v) is 16.9. The Labute approximate surface area is 165 Å². The van der Waals surface area contributed by atoms with Crippen LogP contribution in [-0.2, 0) is 15.6 Å². The Morgan fingerprint density at radius 1 is 1.07 bits per heavy atom. The number of rotatable bonds is 6. The third-order valence-corrected chi connectivity index (χ3v) is 6.33. The maximum absolute atomic E-state index is 12.7. The number of aryl methyl sites for hydroxylation is 2. The summed E-state index contributed by atoms with van der Waals surface area (Å²) in [5.41, 5.74) is 3.53. The SMILES string of the molecule is Cc1ccc(C)c(C(C)NC(=O)c2occc2CS(=O)(=O)c2ccccc2)c1. The second-order valence-electron chi connectivity index (χ2n) is 6.90. The number of sulfone groups is 1. The molecule has 146 valence electrons. The molecular formula is C22H23NO4S. The molecule has 0 aliphatic carbocycles. The molecule has 0 aliphatic rings. The summed E-state index contributed by atoms with van der Waals surface area (Å²) in [5.74, 6) is -0.706. The van der Waals surface area contributed by atoms with E-state index in [0.29, 0.717) is 5.56 Å². The minimum Gasteiger partial charge on any atom is -0.459 e. The van der Waals surface area contributed by atoms with Gasteiger partial charge in [-0.3, -0.25) is 4.79 Å². The summed E-state index contributed by atoms with van der Waals surface area (Å²) in [6.45, 7) is 5.88. The van der Waals surface area contributed by atoms with Gasteiger partial charge in [-0.2, -0.15) is 0 Å². The molecule has 1 N–H and O–H groups in total. The summed E-state index contributed by atoms with van der Waals surface area (Å²) >= 11 is 0. The topological polar surface area (TPSA) is 76.4 Å². The number of benzene rings is 2. The Morgan fingerprint density at radius 3 is 2.50 bits per heavy atom. The standard InChI is InChI=1S/C22H23NO4S/c1-15-9-10-16(2)20(13-15)17(3)23-22(24)21-18(11-12-27-21)14-28(25,26)19-7-5-4-6-8-19/h4-13,17H,14H2,1-3H3,(H,23,24). The first kappa shape index (κ1) is 19.9. The van der Waals surface area contributed by atoms with Crippen LogP contribution in [0.25, 0.3) is 0 Å². The summed E-state index contributed by atoms with van der Waals surface area (Å²) in [4.78, 5) is 12.9. The number of nitrogens with one attached hydrogen (secondary N) is 1. The molecule has 0 aliphatic heterocycles. The molecule has 1 unspecified atom stereocenters. The van der Waals surface area contributed by atoms with Crippen molar-refractivity contribution in [1.29, 1.82) is 0 Å². The van der Waals surface area contributed by atoms with Gasteiger partial charge in [-0.1, -0.05) is 42.0 Å². The summed E-state index contributed by atoms with van der Waals surface area (Å²) < 4.78 is 30.6. The first-order valence-corrected chi connectivity index (χ1v) is 10.7. The molecule has 1 amide bonds. The van der Waals surface area contributed by atoms with Crippen LogP contribution < -0.4 is 5.32 Å². The van der Waals surface area contributed by atoms with Crippen molar-refractivity contribution in [2.24, 2.45) is 0 Å². The molecule has 0 fully saturated rings. The van der Waals surface area contributed by atoms with Crippen LogP contribution in [0, 0.1) is 13.8 Å². The van der Waals surface area contributed by atoms with E-state index >= 15 is 0 Å². The summed E-state index contributed by atoms with van der Waals surface area (Å²) in [6.07, 6.45) is 1.34. The molecule has 28 heavy (non-hydrogen) atoms. The molecule has 5 nitrogen and oxygen atoms in total. The molecule has 1 atom stereocenters. The number of carbonyl (C=O) groups is 1. The van der Waals surface area contributed by atoms with E-state index in [9.17, 15) is 13.2 Å². The predicted molar refractivity (Wildman–Crippen MR) is 108 cm³/mol. The quantitative estimate of drug-likeness (QED) is 0.670. The van der Waals surface area contributed by atoms with Crippen LogP contribution >= 0.6 is 0 Å². The molecule has 0 bridgehead atoms. The number of amides is 1. The fourth-order valence-electron chi connectivity index (χ4n) is 3.13. The van der Waals surface area contributed by atoms with E-state index in [1.165, 1.54) is 24.5 Å². The minimum absolute atomic E-state index is 0.0247. The third-order valence-electron chi connectivity index (χ3n) is 4.65. The highest BCUT2D eigenvalue weighted by atomic mass is 32.2. The van der Waals surface area contributed by atoms with Crippen molar-refractivity contribution in [2.45, 2.75) is 37.5 Å². The Balaban J connectivity index is 1.79. The summed E-state index contributed by atoms with van der Waals surface area (Å²) in [7, 11) is -3.57. The molecule has 0 radical (unpaired) electrons. The fourth-order valence-corrected chi connectivity index (χ4v) is 4.51. The van der Waals surface area contributed by atoms with Gasteiger partial charge in [0, 0.05) is 5.56 Å². The third kappa shape index (κ3) is 4.34. The molecule has 3 aromatic rings. The van der Waals surface area contributed by atoms with Crippen molar-refractivity contribution in [2.75, 3.05) is 0 Å². The molecule has 0 saturated carbocycles. The highest BCUT2D eigenvalue weighted by Gasteiger charge is 2.23. The van der Waals surface area contributed by atoms with Crippen LogP contribution in [0.5, 0.6) is 0 Å². The average Bonchev–Trinajstić information content (AvgIpc) is 3.12. The van der Waals surface area contributed by atoms with Gasteiger partial charge in [0.25, 0.3) is 5.91 Å². The Hall–Kier alpha value is -2.86. The first-order chi connectivity index (χ1) is 13.3. The van der Waals surface area contributed by atoms with Crippen molar-refractivity contribution in [1.82, 2.24) is 5.32 Å². The van der Waals surface area contributed by atoms with Crippen LogP contribution in [0.1, 0.15) is 45.8 Å². The molecule has 1 heterocycles. The van der Waals surface area contributed by atoms with Gasteiger partial charge in [-0.15, -0.1) is 0 Å². The highest BCUT2D eigenvalue weighted by molar-refractivity contribution is 7.90.